The van der Waals surface area contributed by atoms with Crippen LogP contribution in [-0.4, -0.2) is 22.5 Å². The second-order valence-electron chi connectivity index (χ2n) is 5.61. The molecule has 0 unspecified atom stereocenters. The lowest BCUT2D eigenvalue weighted by Gasteiger charge is -2.38. The topological polar surface area (TPSA) is 66.4 Å². The number of hydrogen-bond donors (Lipinski definition) is 2. The van der Waals surface area contributed by atoms with Gasteiger partial charge in [-0.05, 0) is 55.8 Å². The predicted molar refractivity (Wildman–Crippen MR) is 77.1 cm³/mol. The average molecular weight is 346 g/mol. The van der Waals surface area contributed by atoms with Gasteiger partial charge in [-0.1, -0.05) is 6.07 Å². The Labute approximate surface area is 125 Å². The predicted octanol–water partition coefficient (Wildman–Crippen LogP) is 3.21. The van der Waals surface area contributed by atoms with Crippen molar-refractivity contribution in [1.29, 1.82) is 0 Å². The van der Waals surface area contributed by atoms with E-state index in [9.17, 15) is 19.1 Å². The molecule has 4 nitrogen and oxygen atoms in total. The van der Waals surface area contributed by atoms with Crippen molar-refractivity contribution in [1.82, 2.24) is 5.32 Å². The molecule has 2 N–H and O–H groups in total. The highest BCUT2D eigenvalue weighted by atomic mass is 79.9. The lowest BCUT2D eigenvalue weighted by molar-refractivity contribution is -0.150. The monoisotopic (exact) mass is 345 g/mol. The van der Waals surface area contributed by atoms with Gasteiger partial charge in [0.2, 0.25) is 0 Å². The van der Waals surface area contributed by atoms with Gasteiger partial charge in [-0.15, -0.1) is 0 Å². The Hall–Kier alpha value is -1.43. The molecule has 0 atom stereocenters. The number of benzene rings is 1. The number of halogens is 2. The quantitative estimate of drug-likeness (QED) is 0.880. The molecule has 0 aliphatic carbocycles. The van der Waals surface area contributed by atoms with Crippen LogP contribution in [0.4, 0.5) is 4.39 Å². The van der Waals surface area contributed by atoms with Crippen molar-refractivity contribution >= 4 is 27.8 Å². The van der Waals surface area contributed by atoms with E-state index >= 15 is 0 Å². The summed E-state index contributed by atoms with van der Waals surface area (Å²) >= 11 is 3.12. The molecule has 1 amide bonds. The summed E-state index contributed by atoms with van der Waals surface area (Å²) < 4.78 is 14.0. The fourth-order valence-electron chi connectivity index (χ4n) is 1.48. The molecule has 0 aliphatic heterocycles. The molecule has 1 rings (SSSR count). The zero-order chi connectivity index (χ0) is 15.7. The van der Waals surface area contributed by atoms with E-state index in [1.807, 2.05) is 0 Å². The molecule has 0 bridgehead atoms. The van der Waals surface area contributed by atoms with Gasteiger partial charge in [0, 0.05) is 4.47 Å². The van der Waals surface area contributed by atoms with E-state index < -0.39 is 28.6 Å². The molecule has 0 spiro atoms. The van der Waals surface area contributed by atoms with Gasteiger partial charge < -0.3 is 10.4 Å². The van der Waals surface area contributed by atoms with E-state index in [2.05, 4.69) is 21.2 Å². The summed E-state index contributed by atoms with van der Waals surface area (Å²) in [7, 11) is 0. The molecular formula is C14H17BrFNO3. The van der Waals surface area contributed by atoms with Crippen LogP contribution in [0, 0.1) is 11.2 Å². The third-order valence-electron chi connectivity index (χ3n) is 3.71. The highest BCUT2D eigenvalue weighted by Gasteiger charge is 2.44. The van der Waals surface area contributed by atoms with Crippen molar-refractivity contribution in [3.8, 4) is 0 Å². The molecular weight excluding hydrogens is 329 g/mol. The van der Waals surface area contributed by atoms with Crippen LogP contribution in [0.1, 0.15) is 38.1 Å². The summed E-state index contributed by atoms with van der Waals surface area (Å²) in [5.74, 6) is -2.37. The van der Waals surface area contributed by atoms with Crippen molar-refractivity contribution in [3.63, 3.8) is 0 Å². The molecule has 6 heteroatoms. The first kappa shape index (κ1) is 16.6. The van der Waals surface area contributed by atoms with E-state index in [0.29, 0.717) is 4.47 Å². The minimum atomic E-state index is -1.21. The maximum Gasteiger partial charge on any atom is 0.311 e. The van der Waals surface area contributed by atoms with E-state index in [1.54, 1.807) is 19.9 Å². The first-order valence-electron chi connectivity index (χ1n) is 6.00. The number of carboxylic acids is 1. The summed E-state index contributed by atoms with van der Waals surface area (Å²) in [6, 6.07) is 4.20. The van der Waals surface area contributed by atoms with Crippen LogP contribution in [0.2, 0.25) is 0 Å². The fraction of sp³-hybridized carbons (Fsp3) is 0.429. The second-order valence-corrected chi connectivity index (χ2v) is 6.46. The molecule has 0 heterocycles. The smallest absolute Gasteiger partial charge is 0.311 e. The van der Waals surface area contributed by atoms with Crippen molar-refractivity contribution in [2.75, 3.05) is 0 Å². The highest BCUT2D eigenvalue weighted by molar-refractivity contribution is 9.10. The number of carbonyl (C=O) groups excluding carboxylic acids is 1. The maximum atomic E-state index is 13.7. The van der Waals surface area contributed by atoms with Crippen LogP contribution in [0.3, 0.4) is 0 Å². The summed E-state index contributed by atoms with van der Waals surface area (Å²) in [5, 5.41) is 11.8. The molecule has 110 valence electrons. The van der Waals surface area contributed by atoms with E-state index in [4.69, 9.17) is 0 Å². The highest BCUT2D eigenvalue weighted by Crippen LogP contribution is 2.31. The Bertz CT molecular complexity index is 535. The Balaban J connectivity index is 3.10. The number of nitrogens with one attached hydrogen (secondary N) is 1. The standard InChI is InChI=1S/C14H17BrFNO3/c1-13(2,12(19)20)14(3,4)17-11(18)10-8(15)6-5-7-9(10)16/h5-7H,1-4H3,(H,17,18)(H,19,20). The number of carbonyl (C=O) groups is 2. The van der Waals surface area contributed by atoms with Crippen LogP contribution >= 0.6 is 15.9 Å². The lowest BCUT2D eigenvalue weighted by atomic mass is 9.74. The van der Waals surface area contributed by atoms with Gasteiger partial charge in [0.05, 0.1) is 16.5 Å². The average Bonchev–Trinajstić information content (AvgIpc) is 2.27. The Morgan fingerprint density at radius 3 is 2.25 bits per heavy atom. The zero-order valence-corrected chi connectivity index (χ0v) is 13.3. The van der Waals surface area contributed by atoms with Gasteiger partial charge >= 0.3 is 5.97 Å². The molecule has 0 saturated carbocycles. The van der Waals surface area contributed by atoms with Crippen LogP contribution in [0.5, 0.6) is 0 Å². The zero-order valence-electron chi connectivity index (χ0n) is 11.8. The van der Waals surface area contributed by atoms with E-state index in [0.717, 1.165) is 0 Å². The summed E-state index contributed by atoms with van der Waals surface area (Å²) in [6.45, 7) is 6.19. The first-order valence-corrected chi connectivity index (χ1v) is 6.80. The van der Waals surface area contributed by atoms with Gasteiger partial charge in [-0.3, -0.25) is 9.59 Å². The number of hydrogen-bond acceptors (Lipinski definition) is 2. The van der Waals surface area contributed by atoms with Crippen molar-refractivity contribution in [3.05, 3.63) is 34.1 Å². The molecule has 0 fully saturated rings. The summed E-state index contributed by atoms with van der Waals surface area (Å²) in [5.41, 5.74) is -2.40. The third kappa shape index (κ3) is 3.00. The van der Waals surface area contributed by atoms with Crippen molar-refractivity contribution < 1.29 is 19.1 Å². The Kier molecular flexibility index (Phi) is 4.59. The molecule has 0 aliphatic rings. The van der Waals surface area contributed by atoms with Crippen molar-refractivity contribution in [2.24, 2.45) is 5.41 Å². The van der Waals surface area contributed by atoms with Crippen LogP contribution in [-0.2, 0) is 4.79 Å². The third-order valence-corrected chi connectivity index (χ3v) is 4.37. The second kappa shape index (κ2) is 5.52. The van der Waals surface area contributed by atoms with E-state index in [-0.39, 0.29) is 5.56 Å². The van der Waals surface area contributed by atoms with Gasteiger partial charge in [0.25, 0.3) is 5.91 Å². The van der Waals surface area contributed by atoms with Gasteiger partial charge in [-0.25, -0.2) is 4.39 Å². The number of carboxylic acid groups (broad SMARTS) is 1. The van der Waals surface area contributed by atoms with Crippen molar-refractivity contribution in [2.45, 2.75) is 33.2 Å². The fourth-order valence-corrected chi connectivity index (χ4v) is 2.01. The first-order chi connectivity index (χ1) is 9.00. The summed E-state index contributed by atoms with van der Waals surface area (Å²) in [6.07, 6.45) is 0. The largest absolute Gasteiger partial charge is 0.481 e. The van der Waals surface area contributed by atoms with Crippen LogP contribution in [0.25, 0.3) is 0 Å². The lowest BCUT2D eigenvalue weighted by Crippen LogP contribution is -2.57. The molecule has 1 aromatic carbocycles. The van der Waals surface area contributed by atoms with Gasteiger partial charge in [0.1, 0.15) is 5.82 Å². The molecule has 1 aromatic rings. The number of amides is 1. The summed E-state index contributed by atoms with van der Waals surface area (Å²) in [4.78, 5) is 23.5. The van der Waals surface area contributed by atoms with Gasteiger partial charge in [0.15, 0.2) is 0 Å². The minimum absolute atomic E-state index is 0.137. The number of rotatable bonds is 4. The molecule has 20 heavy (non-hydrogen) atoms. The van der Waals surface area contributed by atoms with Crippen LogP contribution in [0.15, 0.2) is 22.7 Å². The minimum Gasteiger partial charge on any atom is -0.481 e. The maximum absolute atomic E-state index is 13.7. The number of aliphatic carboxylic acids is 1. The SMILES string of the molecule is CC(C)(NC(=O)c1c(F)cccc1Br)C(C)(C)C(=O)O. The normalized spacial score (nSPS) is 12.1. The molecule has 0 radical (unpaired) electrons. The Morgan fingerprint density at radius 1 is 1.25 bits per heavy atom. The van der Waals surface area contributed by atoms with Crippen LogP contribution < -0.4 is 5.32 Å². The molecule has 0 saturated heterocycles. The molecule has 0 aromatic heterocycles. The Morgan fingerprint density at radius 2 is 1.80 bits per heavy atom. The van der Waals surface area contributed by atoms with Gasteiger partial charge in [-0.2, -0.15) is 0 Å². The van der Waals surface area contributed by atoms with E-state index in [1.165, 1.54) is 26.0 Å².